The third kappa shape index (κ3) is 3.10. The Morgan fingerprint density at radius 1 is 1.30 bits per heavy atom. The summed E-state index contributed by atoms with van der Waals surface area (Å²) >= 11 is 0. The number of methoxy groups -OCH3 is 1. The van der Waals surface area contributed by atoms with Crippen LogP contribution in [0.5, 0.6) is 5.75 Å². The van der Waals surface area contributed by atoms with Crippen molar-refractivity contribution in [3.63, 3.8) is 0 Å². The molecule has 2 saturated carbocycles. The van der Waals surface area contributed by atoms with Crippen LogP contribution >= 0.6 is 0 Å². The summed E-state index contributed by atoms with van der Waals surface area (Å²) in [4.78, 5) is 10.6. The lowest BCUT2D eigenvalue weighted by Crippen LogP contribution is -2.32. The Morgan fingerprint density at radius 2 is 1.95 bits per heavy atom. The maximum absolute atomic E-state index is 10.9. The second kappa shape index (κ2) is 5.40. The fraction of sp³-hybridized carbons (Fsp3) is 0.600. The van der Waals surface area contributed by atoms with Gasteiger partial charge >= 0.3 is 0 Å². The van der Waals surface area contributed by atoms with E-state index in [1.807, 2.05) is 6.07 Å². The molecule has 0 spiro atoms. The zero-order valence-corrected chi connectivity index (χ0v) is 11.7. The third-order valence-electron chi connectivity index (χ3n) is 4.20. The maximum Gasteiger partial charge on any atom is 0.273 e. The first-order chi connectivity index (χ1) is 9.67. The summed E-state index contributed by atoms with van der Waals surface area (Å²) in [7, 11) is 1.54. The van der Waals surface area contributed by atoms with Crippen molar-refractivity contribution in [1.29, 1.82) is 0 Å². The average molecular weight is 276 g/mol. The summed E-state index contributed by atoms with van der Waals surface area (Å²) in [6.07, 6.45) is 5.30. The van der Waals surface area contributed by atoms with Crippen LogP contribution in [-0.2, 0) is 6.54 Å². The van der Waals surface area contributed by atoms with E-state index in [9.17, 15) is 10.1 Å². The van der Waals surface area contributed by atoms with Gasteiger partial charge in [-0.15, -0.1) is 0 Å². The van der Waals surface area contributed by atoms with Gasteiger partial charge in [0.15, 0.2) is 0 Å². The highest BCUT2D eigenvalue weighted by atomic mass is 16.6. The van der Waals surface area contributed by atoms with Crippen LogP contribution in [0.4, 0.5) is 5.69 Å². The molecule has 0 aliphatic heterocycles. The van der Waals surface area contributed by atoms with Crippen molar-refractivity contribution in [1.82, 2.24) is 5.32 Å². The smallest absolute Gasteiger partial charge is 0.273 e. The Hall–Kier alpha value is -1.62. The predicted molar refractivity (Wildman–Crippen MR) is 75.7 cm³/mol. The standard InChI is InChI=1S/C15H20N2O3/c1-20-14-7-10(6-13(8-14)17(18)19)9-16-15(11-2-3-11)12-4-5-12/h6-8,11-12,15-16H,2-5,9H2,1H3. The van der Waals surface area contributed by atoms with Crippen LogP contribution in [0.3, 0.4) is 0 Å². The zero-order chi connectivity index (χ0) is 14.1. The van der Waals surface area contributed by atoms with Gasteiger partial charge in [0.1, 0.15) is 5.75 Å². The molecule has 0 heterocycles. The second-order valence-electron chi connectivity index (χ2n) is 5.88. The first-order valence-electron chi connectivity index (χ1n) is 7.23. The molecule has 0 atom stereocenters. The number of hydrogen-bond donors (Lipinski definition) is 1. The lowest BCUT2D eigenvalue weighted by Gasteiger charge is -2.17. The van der Waals surface area contributed by atoms with E-state index in [1.54, 1.807) is 6.07 Å². The normalized spacial score (nSPS) is 18.3. The summed E-state index contributed by atoms with van der Waals surface area (Å²) in [5.74, 6) is 2.19. The molecule has 0 aromatic heterocycles. The van der Waals surface area contributed by atoms with Crippen LogP contribution in [0.25, 0.3) is 0 Å². The quantitative estimate of drug-likeness (QED) is 0.614. The highest BCUT2D eigenvalue weighted by Gasteiger charge is 2.40. The molecule has 0 bridgehead atoms. The molecular weight excluding hydrogens is 256 g/mol. The van der Waals surface area contributed by atoms with Crippen molar-refractivity contribution in [3.05, 3.63) is 33.9 Å². The number of hydrogen-bond acceptors (Lipinski definition) is 4. The largest absolute Gasteiger partial charge is 0.496 e. The zero-order valence-electron chi connectivity index (χ0n) is 11.7. The molecule has 5 heteroatoms. The number of nitrogens with one attached hydrogen (secondary N) is 1. The van der Waals surface area contributed by atoms with Crippen LogP contribution < -0.4 is 10.1 Å². The van der Waals surface area contributed by atoms with Crippen LogP contribution in [0.15, 0.2) is 18.2 Å². The molecular formula is C15H20N2O3. The van der Waals surface area contributed by atoms with E-state index in [0.717, 1.165) is 17.4 Å². The van der Waals surface area contributed by atoms with Crippen molar-refractivity contribution in [2.75, 3.05) is 7.11 Å². The van der Waals surface area contributed by atoms with E-state index in [-0.39, 0.29) is 10.6 Å². The summed E-state index contributed by atoms with van der Waals surface area (Å²) in [6, 6.07) is 5.56. The van der Waals surface area contributed by atoms with E-state index in [0.29, 0.717) is 18.3 Å². The van der Waals surface area contributed by atoms with Crippen molar-refractivity contribution >= 4 is 5.69 Å². The first-order valence-corrected chi connectivity index (χ1v) is 7.23. The van der Waals surface area contributed by atoms with Gasteiger partial charge in [-0.25, -0.2) is 0 Å². The molecule has 1 aromatic carbocycles. The lowest BCUT2D eigenvalue weighted by atomic mass is 10.1. The number of nitrogens with zero attached hydrogens (tertiary/aromatic N) is 1. The van der Waals surface area contributed by atoms with Crippen molar-refractivity contribution < 1.29 is 9.66 Å². The molecule has 1 aromatic rings. The number of ether oxygens (including phenoxy) is 1. The first kappa shape index (κ1) is 13.4. The number of nitro benzene ring substituents is 1. The van der Waals surface area contributed by atoms with Gasteiger partial charge in [0, 0.05) is 18.7 Å². The minimum absolute atomic E-state index is 0.0931. The number of rotatable bonds is 7. The van der Waals surface area contributed by atoms with Gasteiger partial charge in [0.25, 0.3) is 5.69 Å². The Morgan fingerprint density at radius 3 is 2.45 bits per heavy atom. The fourth-order valence-corrected chi connectivity index (χ4v) is 2.83. The van der Waals surface area contributed by atoms with Crippen LogP contribution in [-0.4, -0.2) is 18.1 Å². The summed E-state index contributed by atoms with van der Waals surface area (Å²) in [5, 5.41) is 14.5. The molecule has 0 amide bonds. The van der Waals surface area contributed by atoms with E-state index in [1.165, 1.54) is 38.9 Å². The van der Waals surface area contributed by atoms with E-state index in [2.05, 4.69) is 5.32 Å². The molecule has 5 nitrogen and oxygen atoms in total. The van der Waals surface area contributed by atoms with E-state index >= 15 is 0 Å². The van der Waals surface area contributed by atoms with E-state index in [4.69, 9.17) is 4.74 Å². The lowest BCUT2D eigenvalue weighted by molar-refractivity contribution is -0.385. The molecule has 20 heavy (non-hydrogen) atoms. The minimum atomic E-state index is -0.370. The topological polar surface area (TPSA) is 64.4 Å². The summed E-state index contributed by atoms with van der Waals surface area (Å²) in [5.41, 5.74) is 1.01. The van der Waals surface area contributed by atoms with Gasteiger partial charge in [-0.3, -0.25) is 10.1 Å². The maximum atomic E-state index is 10.9. The molecule has 2 aliphatic rings. The van der Waals surface area contributed by atoms with Crippen molar-refractivity contribution in [2.45, 2.75) is 38.3 Å². The Kier molecular flexibility index (Phi) is 3.61. The number of nitro groups is 1. The predicted octanol–water partition coefficient (Wildman–Crippen LogP) is 2.88. The van der Waals surface area contributed by atoms with Crippen LogP contribution in [0.2, 0.25) is 0 Å². The SMILES string of the molecule is COc1cc(CNC(C2CC2)C2CC2)cc([N+](=O)[O-])c1. The molecule has 3 rings (SSSR count). The van der Waals surface area contributed by atoms with Gasteiger partial charge in [-0.1, -0.05) is 0 Å². The van der Waals surface area contributed by atoms with Crippen molar-refractivity contribution in [3.8, 4) is 5.75 Å². The number of benzene rings is 1. The molecule has 1 N–H and O–H groups in total. The Balaban J connectivity index is 1.69. The molecule has 2 fully saturated rings. The van der Waals surface area contributed by atoms with Crippen LogP contribution in [0.1, 0.15) is 31.2 Å². The minimum Gasteiger partial charge on any atom is -0.496 e. The van der Waals surface area contributed by atoms with Gasteiger partial charge in [-0.05, 0) is 49.1 Å². The molecule has 2 aliphatic carbocycles. The van der Waals surface area contributed by atoms with Gasteiger partial charge in [0.2, 0.25) is 0 Å². The summed E-state index contributed by atoms with van der Waals surface area (Å²) < 4.78 is 5.14. The second-order valence-corrected chi connectivity index (χ2v) is 5.88. The highest BCUT2D eigenvalue weighted by molar-refractivity contribution is 5.42. The van der Waals surface area contributed by atoms with Gasteiger partial charge in [0.05, 0.1) is 18.1 Å². The highest BCUT2D eigenvalue weighted by Crippen LogP contribution is 2.44. The van der Waals surface area contributed by atoms with Crippen LogP contribution in [0, 0.1) is 22.0 Å². The van der Waals surface area contributed by atoms with Gasteiger partial charge < -0.3 is 10.1 Å². The van der Waals surface area contributed by atoms with E-state index < -0.39 is 0 Å². The average Bonchev–Trinajstić information content (AvgIpc) is 3.31. The number of non-ortho nitro benzene ring substituents is 1. The molecule has 0 unspecified atom stereocenters. The monoisotopic (exact) mass is 276 g/mol. The Bertz CT molecular complexity index is 498. The third-order valence-corrected chi connectivity index (χ3v) is 4.20. The summed E-state index contributed by atoms with van der Waals surface area (Å²) in [6.45, 7) is 0.676. The van der Waals surface area contributed by atoms with Crippen molar-refractivity contribution in [2.24, 2.45) is 11.8 Å². The Labute approximate surface area is 118 Å². The molecule has 0 radical (unpaired) electrons. The van der Waals surface area contributed by atoms with Gasteiger partial charge in [-0.2, -0.15) is 0 Å². The molecule has 0 saturated heterocycles. The fourth-order valence-electron chi connectivity index (χ4n) is 2.83. The molecule has 108 valence electrons.